The van der Waals surface area contributed by atoms with Gasteiger partial charge in [-0.1, -0.05) is 45.9 Å². The molecule has 0 aromatic heterocycles. The number of benzene rings is 1. The predicted octanol–water partition coefficient (Wildman–Crippen LogP) is 3.93. The van der Waals surface area contributed by atoms with E-state index in [1.54, 1.807) is 0 Å². The Balaban J connectivity index is 2.05. The molecule has 0 unspecified atom stereocenters. The molecule has 1 aromatic carbocycles. The maximum Gasteiger partial charge on any atom is 0.441 e. The Morgan fingerprint density at radius 3 is 2.44 bits per heavy atom. The Kier molecular flexibility index (Phi) is 4.29. The Morgan fingerprint density at radius 1 is 1.28 bits per heavy atom. The summed E-state index contributed by atoms with van der Waals surface area (Å²) in [6, 6.07) is 7.77. The van der Waals surface area contributed by atoms with E-state index in [1.165, 1.54) is 0 Å². The van der Waals surface area contributed by atoms with Crippen molar-refractivity contribution in [2.24, 2.45) is 0 Å². The fourth-order valence-corrected chi connectivity index (χ4v) is 3.61. The fourth-order valence-electron chi connectivity index (χ4n) is 2.18. The van der Waals surface area contributed by atoms with Crippen molar-refractivity contribution in [3.05, 3.63) is 34.3 Å². The molecule has 2 rings (SSSR count). The minimum atomic E-state index is -4.13. The van der Waals surface area contributed by atoms with E-state index in [0.717, 1.165) is 23.1 Å². The molecule has 0 radical (unpaired) electrons. The van der Waals surface area contributed by atoms with E-state index in [4.69, 9.17) is 0 Å². The van der Waals surface area contributed by atoms with Crippen LogP contribution in [0.3, 0.4) is 0 Å². The average Bonchev–Trinajstić information content (AvgIpc) is 2.22. The monoisotopic (exact) mass is 339 g/mol. The molecule has 0 spiro atoms. The van der Waals surface area contributed by atoms with Gasteiger partial charge in [0.05, 0.1) is 0 Å². The Labute approximate surface area is 117 Å². The van der Waals surface area contributed by atoms with Crippen LogP contribution in [0.4, 0.5) is 13.2 Å². The van der Waals surface area contributed by atoms with Gasteiger partial charge < -0.3 is 5.32 Å². The van der Waals surface area contributed by atoms with Gasteiger partial charge in [-0.15, -0.1) is 0 Å². The first kappa shape index (κ1) is 14.2. The molecular formula is C12H13BrF3NS. The lowest BCUT2D eigenvalue weighted by molar-refractivity contribution is -0.0329. The van der Waals surface area contributed by atoms with Crippen molar-refractivity contribution in [2.45, 2.75) is 17.3 Å². The zero-order valence-corrected chi connectivity index (χ0v) is 12.0. The third kappa shape index (κ3) is 3.22. The molecule has 1 saturated heterocycles. The normalized spacial score (nSPS) is 18.4. The lowest BCUT2D eigenvalue weighted by Gasteiger charge is -2.44. The van der Waals surface area contributed by atoms with Crippen molar-refractivity contribution in [3.63, 3.8) is 0 Å². The summed E-state index contributed by atoms with van der Waals surface area (Å²) in [6.07, 6.45) is 0.535. The summed E-state index contributed by atoms with van der Waals surface area (Å²) < 4.78 is 37.5. The summed E-state index contributed by atoms with van der Waals surface area (Å²) in [7, 11) is 0. The van der Waals surface area contributed by atoms with Crippen molar-refractivity contribution in [2.75, 3.05) is 18.8 Å². The number of nitrogens with one attached hydrogen (secondary N) is 1. The van der Waals surface area contributed by atoms with Crippen LogP contribution in [0.2, 0.25) is 0 Å². The maximum absolute atomic E-state index is 12.2. The number of hydrogen-bond donors (Lipinski definition) is 1. The molecule has 1 heterocycles. The molecule has 18 heavy (non-hydrogen) atoms. The van der Waals surface area contributed by atoms with Crippen LogP contribution in [0, 0.1) is 0 Å². The fraction of sp³-hybridized carbons (Fsp3) is 0.500. The van der Waals surface area contributed by atoms with Gasteiger partial charge in [0.1, 0.15) is 0 Å². The average molecular weight is 340 g/mol. The van der Waals surface area contributed by atoms with Gasteiger partial charge in [-0.25, -0.2) is 0 Å². The SMILES string of the molecule is FC(F)(F)SCCC1(c2ccccc2Br)CNC1. The summed E-state index contributed by atoms with van der Waals surface area (Å²) in [6.45, 7) is 1.49. The first-order valence-electron chi connectivity index (χ1n) is 5.59. The molecule has 1 N–H and O–H groups in total. The molecule has 0 bridgehead atoms. The molecule has 1 aromatic rings. The van der Waals surface area contributed by atoms with Crippen LogP contribution >= 0.6 is 27.7 Å². The van der Waals surface area contributed by atoms with Gasteiger partial charge in [0.2, 0.25) is 0 Å². The summed E-state index contributed by atoms with van der Waals surface area (Å²) in [5.74, 6) is 0.104. The van der Waals surface area contributed by atoms with Crippen LogP contribution in [0.1, 0.15) is 12.0 Å². The molecule has 0 saturated carbocycles. The Bertz CT molecular complexity index is 418. The molecule has 1 aliphatic rings. The minimum Gasteiger partial charge on any atom is -0.315 e. The number of alkyl halides is 3. The van der Waals surface area contributed by atoms with Crippen LogP contribution < -0.4 is 5.32 Å². The van der Waals surface area contributed by atoms with Gasteiger partial charge in [0.25, 0.3) is 0 Å². The standard InChI is InChI=1S/C12H13BrF3NS/c13-10-4-2-1-3-9(10)11(7-17-8-11)5-6-18-12(14,15)16/h1-4,17H,5-8H2. The number of rotatable bonds is 4. The zero-order valence-electron chi connectivity index (χ0n) is 9.56. The molecular weight excluding hydrogens is 327 g/mol. The van der Waals surface area contributed by atoms with E-state index in [-0.39, 0.29) is 22.9 Å². The second-order valence-corrected chi connectivity index (χ2v) is 6.42. The van der Waals surface area contributed by atoms with Crippen molar-refractivity contribution in [1.82, 2.24) is 5.32 Å². The van der Waals surface area contributed by atoms with Crippen LogP contribution in [0.15, 0.2) is 28.7 Å². The molecule has 0 aliphatic carbocycles. The van der Waals surface area contributed by atoms with Gasteiger partial charge in [0.15, 0.2) is 0 Å². The first-order valence-corrected chi connectivity index (χ1v) is 7.37. The highest BCUT2D eigenvalue weighted by molar-refractivity contribution is 9.10. The highest BCUT2D eigenvalue weighted by atomic mass is 79.9. The Morgan fingerprint density at radius 2 is 1.94 bits per heavy atom. The highest BCUT2D eigenvalue weighted by Crippen LogP contribution is 2.39. The lowest BCUT2D eigenvalue weighted by Crippen LogP contribution is -2.57. The second-order valence-electron chi connectivity index (χ2n) is 4.41. The van der Waals surface area contributed by atoms with E-state index < -0.39 is 5.51 Å². The maximum atomic E-state index is 12.2. The molecule has 6 heteroatoms. The smallest absolute Gasteiger partial charge is 0.315 e. The molecule has 1 fully saturated rings. The van der Waals surface area contributed by atoms with Gasteiger partial charge in [0, 0.05) is 28.7 Å². The molecule has 100 valence electrons. The highest BCUT2D eigenvalue weighted by Gasteiger charge is 2.40. The van der Waals surface area contributed by atoms with Crippen LogP contribution in [0.25, 0.3) is 0 Å². The summed E-state index contributed by atoms with van der Waals surface area (Å²) >= 11 is 3.55. The van der Waals surface area contributed by atoms with E-state index in [9.17, 15) is 13.2 Å². The molecule has 0 atom stereocenters. The third-order valence-corrected chi connectivity index (χ3v) is 4.65. The number of hydrogen-bond acceptors (Lipinski definition) is 2. The summed E-state index contributed by atoms with van der Waals surface area (Å²) in [4.78, 5) is 0. The molecule has 1 aliphatic heterocycles. The van der Waals surface area contributed by atoms with E-state index in [1.807, 2.05) is 24.3 Å². The quantitative estimate of drug-likeness (QED) is 0.891. The summed E-state index contributed by atoms with van der Waals surface area (Å²) in [5, 5.41) is 3.16. The lowest BCUT2D eigenvalue weighted by atomic mass is 9.73. The van der Waals surface area contributed by atoms with E-state index in [2.05, 4.69) is 21.2 Å². The van der Waals surface area contributed by atoms with Gasteiger partial charge >= 0.3 is 5.51 Å². The number of halogens is 4. The molecule has 1 nitrogen and oxygen atoms in total. The van der Waals surface area contributed by atoms with Crippen molar-refractivity contribution in [3.8, 4) is 0 Å². The first-order chi connectivity index (χ1) is 8.43. The Hall–Kier alpha value is -0.200. The zero-order chi connectivity index (χ0) is 13.2. The van der Waals surface area contributed by atoms with Crippen molar-refractivity contribution >= 4 is 27.7 Å². The van der Waals surface area contributed by atoms with E-state index >= 15 is 0 Å². The van der Waals surface area contributed by atoms with E-state index in [0.29, 0.717) is 6.42 Å². The largest absolute Gasteiger partial charge is 0.441 e. The minimum absolute atomic E-state index is 0.0671. The summed E-state index contributed by atoms with van der Waals surface area (Å²) in [5.41, 5.74) is -3.18. The van der Waals surface area contributed by atoms with Crippen molar-refractivity contribution < 1.29 is 13.2 Å². The van der Waals surface area contributed by atoms with Crippen molar-refractivity contribution in [1.29, 1.82) is 0 Å². The van der Waals surface area contributed by atoms with Crippen LogP contribution in [-0.4, -0.2) is 24.4 Å². The van der Waals surface area contributed by atoms with Crippen LogP contribution in [-0.2, 0) is 5.41 Å². The number of thioether (sulfide) groups is 1. The van der Waals surface area contributed by atoms with Crippen LogP contribution in [0.5, 0.6) is 0 Å². The third-order valence-electron chi connectivity index (χ3n) is 3.22. The van der Waals surface area contributed by atoms with Gasteiger partial charge in [-0.3, -0.25) is 0 Å². The van der Waals surface area contributed by atoms with Gasteiger partial charge in [-0.05, 0) is 18.1 Å². The topological polar surface area (TPSA) is 12.0 Å². The predicted molar refractivity (Wildman–Crippen MR) is 71.8 cm³/mol. The van der Waals surface area contributed by atoms with Gasteiger partial charge in [-0.2, -0.15) is 13.2 Å². The molecule has 0 amide bonds. The second kappa shape index (κ2) is 5.43.